The van der Waals surface area contributed by atoms with Gasteiger partial charge in [-0.3, -0.25) is 14.4 Å². The highest BCUT2D eigenvalue weighted by molar-refractivity contribution is 5.97. The van der Waals surface area contributed by atoms with Gasteiger partial charge in [-0.2, -0.15) is 0 Å². The third-order valence-corrected chi connectivity index (χ3v) is 4.54. The number of halogens is 1. The van der Waals surface area contributed by atoms with E-state index in [4.69, 9.17) is 5.73 Å². The number of piperidine rings is 1. The van der Waals surface area contributed by atoms with Gasteiger partial charge in [-0.1, -0.05) is 0 Å². The number of likely N-dealkylation sites (tertiary alicyclic amines) is 1. The van der Waals surface area contributed by atoms with Gasteiger partial charge in [0.25, 0.3) is 0 Å². The van der Waals surface area contributed by atoms with Crippen molar-refractivity contribution in [2.24, 2.45) is 17.6 Å². The Balaban J connectivity index is 1.67. The van der Waals surface area contributed by atoms with Gasteiger partial charge in [-0.05, 0) is 43.9 Å². The second-order valence-corrected chi connectivity index (χ2v) is 6.45. The standard InChI is InChI=1S/C17H20FN3O3/c18-13-6-5-11(15(19)22)8-14(13)20-16(23)12-2-1-7-21(9-12)17(24)10-3-4-10/h5-6,8,10,12H,1-4,7,9H2,(H2,19,22)(H,20,23). The number of benzene rings is 1. The summed E-state index contributed by atoms with van der Waals surface area (Å²) in [6.45, 7) is 1.03. The number of anilines is 1. The molecule has 128 valence electrons. The molecule has 1 aliphatic heterocycles. The van der Waals surface area contributed by atoms with Crippen LogP contribution in [0, 0.1) is 17.7 Å². The predicted octanol–water partition coefficient (Wildman–Crippen LogP) is 1.51. The summed E-state index contributed by atoms with van der Waals surface area (Å²) in [5.74, 6) is -1.80. The molecule has 3 N–H and O–H groups in total. The minimum Gasteiger partial charge on any atom is -0.366 e. The molecule has 24 heavy (non-hydrogen) atoms. The Kier molecular flexibility index (Phi) is 4.51. The number of hydrogen-bond acceptors (Lipinski definition) is 3. The van der Waals surface area contributed by atoms with Crippen molar-refractivity contribution in [3.8, 4) is 0 Å². The number of carbonyl (C=O) groups is 3. The summed E-state index contributed by atoms with van der Waals surface area (Å²) in [6, 6.07) is 3.59. The van der Waals surface area contributed by atoms with Crippen LogP contribution in [-0.4, -0.2) is 35.7 Å². The third kappa shape index (κ3) is 3.55. The van der Waals surface area contributed by atoms with Crippen LogP contribution in [0.25, 0.3) is 0 Å². The maximum absolute atomic E-state index is 13.8. The minimum absolute atomic E-state index is 0.0676. The fraction of sp³-hybridized carbons (Fsp3) is 0.471. The smallest absolute Gasteiger partial charge is 0.248 e. The molecule has 1 saturated heterocycles. The Morgan fingerprint density at radius 1 is 1.17 bits per heavy atom. The molecule has 6 nitrogen and oxygen atoms in total. The van der Waals surface area contributed by atoms with E-state index in [1.807, 2.05) is 0 Å². The highest BCUT2D eigenvalue weighted by Crippen LogP contribution is 2.32. The predicted molar refractivity (Wildman–Crippen MR) is 85.6 cm³/mol. The summed E-state index contributed by atoms with van der Waals surface area (Å²) in [6.07, 6.45) is 3.26. The maximum Gasteiger partial charge on any atom is 0.248 e. The molecular weight excluding hydrogens is 313 g/mol. The van der Waals surface area contributed by atoms with Crippen molar-refractivity contribution in [2.45, 2.75) is 25.7 Å². The molecule has 0 bridgehead atoms. The molecule has 1 atom stereocenters. The molecule has 7 heteroatoms. The van der Waals surface area contributed by atoms with E-state index >= 15 is 0 Å². The normalized spacial score (nSPS) is 20.5. The summed E-state index contributed by atoms with van der Waals surface area (Å²) >= 11 is 0. The van der Waals surface area contributed by atoms with E-state index in [0.29, 0.717) is 19.5 Å². The number of nitrogens with two attached hydrogens (primary N) is 1. The van der Waals surface area contributed by atoms with E-state index in [1.54, 1.807) is 4.90 Å². The quantitative estimate of drug-likeness (QED) is 0.875. The first-order chi connectivity index (χ1) is 11.5. The van der Waals surface area contributed by atoms with E-state index in [1.165, 1.54) is 12.1 Å². The maximum atomic E-state index is 13.8. The molecule has 0 radical (unpaired) electrons. The number of amides is 3. The first-order valence-electron chi connectivity index (χ1n) is 8.14. The van der Waals surface area contributed by atoms with Gasteiger partial charge in [0.05, 0.1) is 11.6 Å². The van der Waals surface area contributed by atoms with Crippen molar-refractivity contribution in [2.75, 3.05) is 18.4 Å². The van der Waals surface area contributed by atoms with Gasteiger partial charge in [0.15, 0.2) is 0 Å². The van der Waals surface area contributed by atoms with Crippen LogP contribution in [0.5, 0.6) is 0 Å². The average Bonchev–Trinajstić information content (AvgIpc) is 3.41. The van der Waals surface area contributed by atoms with Crippen molar-refractivity contribution in [3.63, 3.8) is 0 Å². The van der Waals surface area contributed by atoms with Crippen LogP contribution in [0.15, 0.2) is 18.2 Å². The van der Waals surface area contributed by atoms with Gasteiger partial charge in [0.1, 0.15) is 5.82 Å². The number of primary amides is 1. The second kappa shape index (κ2) is 6.59. The Hall–Kier alpha value is -2.44. The zero-order chi connectivity index (χ0) is 17.3. The molecule has 0 spiro atoms. The summed E-state index contributed by atoms with van der Waals surface area (Å²) in [5, 5.41) is 2.52. The summed E-state index contributed by atoms with van der Waals surface area (Å²) < 4.78 is 13.8. The van der Waals surface area contributed by atoms with Gasteiger partial charge < -0.3 is 16.0 Å². The highest BCUT2D eigenvalue weighted by atomic mass is 19.1. The Morgan fingerprint density at radius 2 is 1.92 bits per heavy atom. The molecule has 0 aromatic heterocycles. The van der Waals surface area contributed by atoms with Crippen LogP contribution >= 0.6 is 0 Å². The van der Waals surface area contributed by atoms with E-state index < -0.39 is 11.7 Å². The highest BCUT2D eigenvalue weighted by Gasteiger charge is 2.36. The molecule has 1 saturated carbocycles. The fourth-order valence-electron chi connectivity index (χ4n) is 2.99. The van der Waals surface area contributed by atoms with E-state index in [9.17, 15) is 18.8 Å². The number of nitrogens with one attached hydrogen (secondary N) is 1. The molecule has 1 heterocycles. The summed E-state index contributed by atoms with van der Waals surface area (Å²) in [4.78, 5) is 37.5. The van der Waals surface area contributed by atoms with E-state index in [0.717, 1.165) is 25.3 Å². The SMILES string of the molecule is NC(=O)c1ccc(F)c(NC(=O)C2CCCN(C(=O)C3CC3)C2)c1. The Bertz CT molecular complexity index is 688. The zero-order valence-corrected chi connectivity index (χ0v) is 13.3. The summed E-state index contributed by atoms with van der Waals surface area (Å²) in [5.41, 5.74) is 5.23. The molecule has 1 unspecified atom stereocenters. The first-order valence-corrected chi connectivity index (χ1v) is 8.14. The van der Waals surface area contributed by atoms with Crippen LogP contribution in [0.1, 0.15) is 36.0 Å². The van der Waals surface area contributed by atoms with Crippen LogP contribution in [0.3, 0.4) is 0 Å². The lowest BCUT2D eigenvalue weighted by atomic mass is 9.96. The molecule has 3 amide bonds. The molecule has 2 fully saturated rings. The average molecular weight is 333 g/mol. The van der Waals surface area contributed by atoms with Crippen LogP contribution < -0.4 is 11.1 Å². The number of nitrogens with zero attached hydrogens (tertiary/aromatic N) is 1. The Morgan fingerprint density at radius 3 is 2.58 bits per heavy atom. The van der Waals surface area contributed by atoms with Crippen LogP contribution in [0.2, 0.25) is 0 Å². The largest absolute Gasteiger partial charge is 0.366 e. The first kappa shape index (κ1) is 16.4. The molecular formula is C17H20FN3O3. The van der Waals surface area contributed by atoms with Crippen molar-refractivity contribution in [1.29, 1.82) is 0 Å². The van der Waals surface area contributed by atoms with E-state index in [2.05, 4.69) is 5.32 Å². The number of carbonyl (C=O) groups excluding carboxylic acids is 3. The molecule has 1 aromatic carbocycles. The van der Waals surface area contributed by atoms with Gasteiger partial charge >= 0.3 is 0 Å². The molecule has 1 aromatic rings. The third-order valence-electron chi connectivity index (χ3n) is 4.54. The summed E-state index contributed by atoms with van der Waals surface area (Å²) in [7, 11) is 0. The van der Waals surface area contributed by atoms with Gasteiger partial charge in [0, 0.05) is 24.6 Å². The lowest BCUT2D eigenvalue weighted by Crippen LogP contribution is -2.44. The van der Waals surface area contributed by atoms with Gasteiger partial charge in [0.2, 0.25) is 17.7 Å². The Labute approximate surface area is 139 Å². The van der Waals surface area contributed by atoms with Gasteiger partial charge in [-0.15, -0.1) is 0 Å². The minimum atomic E-state index is -0.690. The molecule has 3 rings (SSSR count). The van der Waals surface area contributed by atoms with Crippen LogP contribution in [-0.2, 0) is 9.59 Å². The van der Waals surface area contributed by atoms with Crippen molar-refractivity contribution < 1.29 is 18.8 Å². The lowest BCUT2D eigenvalue weighted by molar-refractivity contribution is -0.135. The van der Waals surface area contributed by atoms with Crippen molar-refractivity contribution in [1.82, 2.24) is 4.90 Å². The fourth-order valence-corrected chi connectivity index (χ4v) is 2.99. The van der Waals surface area contributed by atoms with Gasteiger partial charge in [-0.25, -0.2) is 4.39 Å². The van der Waals surface area contributed by atoms with Crippen molar-refractivity contribution in [3.05, 3.63) is 29.6 Å². The van der Waals surface area contributed by atoms with E-state index in [-0.39, 0.29) is 34.9 Å². The van der Waals surface area contributed by atoms with Crippen molar-refractivity contribution >= 4 is 23.4 Å². The number of hydrogen-bond donors (Lipinski definition) is 2. The monoisotopic (exact) mass is 333 g/mol. The zero-order valence-electron chi connectivity index (χ0n) is 13.3. The topological polar surface area (TPSA) is 92.5 Å². The molecule has 2 aliphatic rings. The second-order valence-electron chi connectivity index (χ2n) is 6.45. The lowest BCUT2D eigenvalue weighted by Gasteiger charge is -2.32. The van der Waals surface area contributed by atoms with Crippen LogP contribution in [0.4, 0.5) is 10.1 Å². The molecule has 1 aliphatic carbocycles. The number of rotatable bonds is 4.